The van der Waals surface area contributed by atoms with Crippen LogP contribution in [0, 0.1) is 5.92 Å². The Hall–Kier alpha value is -0.830. The van der Waals surface area contributed by atoms with Crippen LogP contribution in [-0.2, 0) is 4.79 Å². The minimum Gasteiger partial charge on any atom is -0.325 e. The summed E-state index contributed by atoms with van der Waals surface area (Å²) < 4.78 is 0.999. The normalized spacial score (nSPS) is 24.6. The molecule has 0 spiro atoms. The van der Waals surface area contributed by atoms with E-state index in [-0.39, 0.29) is 5.91 Å². The highest BCUT2D eigenvalue weighted by Crippen LogP contribution is 2.49. The Bertz CT molecular complexity index is 426. The molecule has 1 fully saturated rings. The highest BCUT2D eigenvalue weighted by molar-refractivity contribution is 9.10. The Labute approximate surface area is 97.2 Å². The summed E-state index contributed by atoms with van der Waals surface area (Å²) in [5, 5.41) is 2.95. The molecule has 2 nitrogen and oxygen atoms in total. The Morgan fingerprint density at radius 3 is 2.87 bits per heavy atom. The van der Waals surface area contributed by atoms with E-state index >= 15 is 0 Å². The second kappa shape index (κ2) is 3.34. The standard InChI is InChI=1S/C12H12BrNO/c13-10-3-1-2-8-9(7-4-5-7)6-11(15)14-12(8)10/h1-3,7,9H,4-6H2,(H,14,15). The topological polar surface area (TPSA) is 29.1 Å². The number of carbonyl (C=O) groups is 1. The van der Waals surface area contributed by atoms with Crippen LogP contribution in [0.2, 0.25) is 0 Å². The first-order valence-electron chi connectivity index (χ1n) is 5.34. The third-order valence-corrected chi connectivity index (χ3v) is 3.97. The molecule has 78 valence electrons. The van der Waals surface area contributed by atoms with Gasteiger partial charge in [0.15, 0.2) is 0 Å². The van der Waals surface area contributed by atoms with E-state index in [1.807, 2.05) is 6.07 Å². The van der Waals surface area contributed by atoms with Crippen LogP contribution in [0.1, 0.15) is 30.7 Å². The lowest BCUT2D eigenvalue weighted by Gasteiger charge is -2.26. The number of benzene rings is 1. The van der Waals surface area contributed by atoms with Gasteiger partial charge < -0.3 is 5.32 Å². The Morgan fingerprint density at radius 1 is 1.33 bits per heavy atom. The van der Waals surface area contributed by atoms with Crippen molar-refractivity contribution in [1.82, 2.24) is 0 Å². The lowest BCUT2D eigenvalue weighted by Crippen LogP contribution is -2.24. The van der Waals surface area contributed by atoms with Gasteiger partial charge in [0.05, 0.1) is 5.69 Å². The maximum atomic E-state index is 11.6. The van der Waals surface area contributed by atoms with Gasteiger partial charge in [-0.2, -0.15) is 0 Å². The molecule has 2 aliphatic rings. The summed E-state index contributed by atoms with van der Waals surface area (Å²) >= 11 is 3.49. The van der Waals surface area contributed by atoms with Crippen molar-refractivity contribution in [2.45, 2.75) is 25.2 Å². The highest BCUT2D eigenvalue weighted by Gasteiger charge is 2.37. The monoisotopic (exact) mass is 265 g/mol. The predicted molar refractivity (Wildman–Crippen MR) is 62.9 cm³/mol. The van der Waals surface area contributed by atoms with E-state index in [9.17, 15) is 4.79 Å². The van der Waals surface area contributed by atoms with Crippen LogP contribution in [0.5, 0.6) is 0 Å². The van der Waals surface area contributed by atoms with Gasteiger partial charge in [0.25, 0.3) is 0 Å². The first-order valence-corrected chi connectivity index (χ1v) is 6.13. The van der Waals surface area contributed by atoms with E-state index < -0.39 is 0 Å². The quantitative estimate of drug-likeness (QED) is 0.830. The average Bonchev–Trinajstić information content (AvgIpc) is 3.02. The number of para-hydroxylation sites is 1. The van der Waals surface area contributed by atoms with Crippen molar-refractivity contribution in [3.05, 3.63) is 28.2 Å². The summed E-state index contributed by atoms with van der Waals surface area (Å²) in [6.45, 7) is 0. The number of hydrogen-bond donors (Lipinski definition) is 1. The van der Waals surface area contributed by atoms with Gasteiger partial charge in [0, 0.05) is 10.9 Å². The zero-order valence-electron chi connectivity index (χ0n) is 8.29. The lowest BCUT2D eigenvalue weighted by molar-refractivity contribution is -0.117. The summed E-state index contributed by atoms with van der Waals surface area (Å²) in [5.74, 6) is 1.35. The van der Waals surface area contributed by atoms with E-state index in [4.69, 9.17) is 0 Å². The van der Waals surface area contributed by atoms with Crippen LogP contribution < -0.4 is 5.32 Å². The molecule has 1 aromatic rings. The molecule has 1 N–H and O–H groups in total. The van der Waals surface area contributed by atoms with Crippen LogP contribution in [0.15, 0.2) is 22.7 Å². The fraction of sp³-hybridized carbons (Fsp3) is 0.417. The van der Waals surface area contributed by atoms with Crippen molar-refractivity contribution in [3.8, 4) is 0 Å². The maximum absolute atomic E-state index is 11.6. The van der Waals surface area contributed by atoms with Crippen molar-refractivity contribution < 1.29 is 4.79 Å². The minimum atomic E-state index is 0.159. The Kier molecular flexibility index (Phi) is 2.09. The summed E-state index contributed by atoms with van der Waals surface area (Å²) in [7, 11) is 0. The van der Waals surface area contributed by atoms with Gasteiger partial charge in [-0.15, -0.1) is 0 Å². The van der Waals surface area contributed by atoms with Crippen molar-refractivity contribution in [2.24, 2.45) is 5.92 Å². The summed E-state index contributed by atoms with van der Waals surface area (Å²) in [6.07, 6.45) is 3.22. The molecule has 3 heteroatoms. The van der Waals surface area contributed by atoms with Crippen molar-refractivity contribution in [3.63, 3.8) is 0 Å². The zero-order valence-corrected chi connectivity index (χ0v) is 9.88. The molecule has 1 aromatic carbocycles. The highest BCUT2D eigenvalue weighted by atomic mass is 79.9. The average molecular weight is 266 g/mol. The first kappa shape index (κ1) is 9.40. The second-order valence-corrected chi connectivity index (χ2v) is 5.25. The van der Waals surface area contributed by atoms with Crippen LogP contribution in [-0.4, -0.2) is 5.91 Å². The molecule has 1 saturated carbocycles. The molecular formula is C12H12BrNO. The molecule has 15 heavy (non-hydrogen) atoms. The number of hydrogen-bond acceptors (Lipinski definition) is 1. The first-order chi connectivity index (χ1) is 7.25. The number of amides is 1. The van der Waals surface area contributed by atoms with E-state index in [1.54, 1.807) is 0 Å². The van der Waals surface area contributed by atoms with Gasteiger partial charge in [-0.25, -0.2) is 0 Å². The van der Waals surface area contributed by atoms with E-state index in [0.717, 1.165) is 16.1 Å². The molecule has 1 atom stereocenters. The third-order valence-electron chi connectivity index (χ3n) is 3.31. The maximum Gasteiger partial charge on any atom is 0.225 e. The molecule has 0 radical (unpaired) electrons. The zero-order chi connectivity index (χ0) is 10.4. The van der Waals surface area contributed by atoms with Crippen LogP contribution in [0.25, 0.3) is 0 Å². The van der Waals surface area contributed by atoms with Crippen LogP contribution in [0.3, 0.4) is 0 Å². The summed E-state index contributed by atoms with van der Waals surface area (Å²) in [4.78, 5) is 11.6. The number of anilines is 1. The molecule has 3 rings (SSSR count). The minimum absolute atomic E-state index is 0.159. The van der Waals surface area contributed by atoms with Crippen LogP contribution in [0.4, 0.5) is 5.69 Å². The number of carbonyl (C=O) groups excluding carboxylic acids is 1. The Morgan fingerprint density at radius 2 is 2.13 bits per heavy atom. The third kappa shape index (κ3) is 1.59. The molecule has 0 aromatic heterocycles. The Balaban J connectivity index is 2.09. The fourth-order valence-electron chi connectivity index (χ4n) is 2.40. The molecule has 1 amide bonds. The summed E-state index contributed by atoms with van der Waals surface area (Å²) in [6, 6.07) is 6.17. The van der Waals surface area contributed by atoms with E-state index in [2.05, 4.69) is 33.4 Å². The van der Waals surface area contributed by atoms with Gasteiger partial charge in [0.1, 0.15) is 0 Å². The molecule has 1 aliphatic carbocycles. The molecule has 1 heterocycles. The second-order valence-electron chi connectivity index (χ2n) is 4.40. The van der Waals surface area contributed by atoms with Crippen molar-refractivity contribution in [2.75, 3.05) is 5.32 Å². The van der Waals surface area contributed by atoms with Gasteiger partial charge in [-0.3, -0.25) is 4.79 Å². The molecule has 1 unspecified atom stereocenters. The van der Waals surface area contributed by atoms with E-state index in [0.29, 0.717) is 12.3 Å². The summed E-state index contributed by atoms with van der Waals surface area (Å²) in [5.41, 5.74) is 2.30. The van der Waals surface area contributed by atoms with E-state index in [1.165, 1.54) is 18.4 Å². The van der Waals surface area contributed by atoms with Gasteiger partial charge in [0.2, 0.25) is 5.91 Å². The number of nitrogens with one attached hydrogen (secondary N) is 1. The number of halogens is 1. The van der Waals surface area contributed by atoms with Crippen molar-refractivity contribution in [1.29, 1.82) is 0 Å². The SMILES string of the molecule is O=C1CC(C2CC2)c2cccc(Br)c2N1. The smallest absolute Gasteiger partial charge is 0.225 e. The molecular weight excluding hydrogens is 254 g/mol. The number of fused-ring (bicyclic) bond motifs is 1. The van der Waals surface area contributed by atoms with Crippen molar-refractivity contribution >= 4 is 27.5 Å². The fourth-order valence-corrected chi connectivity index (χ4v) is 2.88. The van der Waals surface area contributed by atoms with Gasteiger partial charge in [-0.1, -0.05) is 12.1 Å². The molecule has 1 aliphatic heterocycles. The lowest BCUT2D eigenvalue weighted by atomic mass is 9.87. The molecule has 0 saturated heterocycles. The van der Waals surface area contributed by atoms with Gasteiger partial charge in [-0.05, 0) is 52.2 Å². The van der Waals surface area contributed by atoms with Gasteiger partial charge >= 0.3 is 0 Å². The largest absolute Gasteiger partial charge is 0.325 e. The molecule has 0 bridgehead atoms. The predicted octanol–water partition coefficient (Wildman–Crippen LogP) is 3.28. The number of rotatable bonds is 1. The van der Waals surface area contributed by atoms with Crippen LogP contribution >= 0.6 is 15.9 Å².